The standard InChI is InChI=1S/C34H44N2O4/c1-6-7-8-9-22-35-34(37)40-32-20-14-29(15-21-32)33(26(2)25-27-10-16-30(38-5)17-11-27)28-12-18-31(19-13-28)39-24-23-36(3)4/h10-21H,6-9,22-25H2,1-5H3,(H,35,37)/b33-26-. The van der Waals surface area contributed by atoms with E-state index in [-0.39, 0.29) is 0 Å². The highest BCUT2D eigenvalue weighted by atomic mass is 16.6. The van der Waals surface area contributed by atoms with Crippen LogP contribution in [0.1, 0.15) is 56.2 Å². The summed E-state index contributed by atoms with van der Waals surface area (Å²) in [6, 6.07) is 24.2. The van der Waals surface area contributed by atoms with Gasteiger partial charge >= 0.3 is 6.09 Å². The molecule has 3 aromatic carbocycles. The Morgan fingerprint density at radius 2 is 1.40 bits per heavy atom. The minimum atomic E-state index is -0.416. The third-order valence-electron chi connectivity index (χ3n) is 6.66. The molecule has 0 fully saturated rings. The minimum Gasteiger partial charge on any atom is -0.497 e. The molecular weight excluding hydrogens is 500 g/mol. The second-order valence-corrected chi connectivity index (χ2v) is 10.3. The molecule has 6 nitrogen and oxygen atoms in total. The Balaban J connectivity index is 1.79. The molecule has 0 saturated carbocycles. The molecule has 214 valence electrons. The monoisotopic (exact) mass is 544 g/mol. The van der Waals surface area contributed by atoms with Gasteiger partial charge in [-0.15, -0.1) is 0 Å². The molecule has 0 atom stereocenters. The van der Waals surface area contributed by atoms with Crippen molar-refractivity contribution in [3.63, 3.8) is 0 Å². The Morgan fingerprint density at radius 3 is 1.98 bits per heavy atom. The first-order valence-electron chi connectivity index (χ1n) is 14.2. The van der Waals surface area contributed by atoms with Crippen LogP contribution in [-0.2, 0) is 6.42 Å². The number of likely N-dealkylation sites (N-methyl/N-ethyl adjacent to an activating group) is 1. The number of nitrogens with zero attached hydrogens (tertiary/aromatic N) is 1. The maximum Gasteiger partial charge on any atom is 0.412 e. The van der Waals surface area contributed by atoms with Crippen LogP contribution in [0.15, 0.2) is 78.4 Å². The maximum atomic E-state index is 12.2. The number of methoxy groups -OCH3 is 1. The van der Waals surface area contributed by atoms with Crippen molar-refractivity contribution in [3.05, 3.63) is 95.1 Å². The number of unbranched alkanes of at least 4 members (excludes halogenated alkanes) is 3. The summed E-state index contributed by atoms with van der Waals surface area (Å²) in [6.45, 7) is 6.46. The number of allylic oxidation sites excluding steroid dienone is 1. The van der Waals surface area contributed by atoms with E-state index in [0.717, 1.165) is 54.0 Å². The van der Waals surface area contributed by atoms with Gasteiger partial charge in [-0.1, -0.05) is 68.2 Å². The second kappa shape index (κ2) is 16.4. The fourth-order valence-electron chi connectivity index (χ4n) is 4.44. The first-order valence-corrected chi connectivity index (χ1v) is 14.2. The van der Waals surface area contributed by atoms with E-state index in [1.165, 1.54) is 24.0 Å². The summed E-state index contributed by atoms with van der Waals surface area (Å²) in [5.41, 5.74) is 5.73. The Bertz CT molecular complexity index is 1200. The number of nitrogens with one attached hydrogen (secondary N) is 1. The Hall–Kier alpha value is -3.77. The first-order chi connectivity index (χ1) is 19.4. The Kier molecular flexibility index (Phi) is 12.6. The molecule has 3 rings (SSSR count). The topological polar surface area (TPSA) is 60.0 Å². The van der Waals surface area contributed by atoms with E-state index in [4.69, 9.17) is 14.2 Å². The van der Waals surface area contributed by atoms with E-state index in [1.54, 1.807) is 7.11 Å². The van der Waals surface area contributed by atoms with E-state index in [2.05, 4.69) is 48.3 Å². The summed E-state index contributed by atoms with van der Waals surface area (Å²) in [6.07, 6.45) is 4.79. The summed E-state index contributed by atoms with van der Waals surface area (Å²) in [4.78, 5) is 14.3. The molecule has 0 spiro atoms. The zero-order chi connectivity index (χ0) is 28.7. The van der Waals surface area contributed by atoms with Crippen LogP contribution in [0.2, 0.25) is 0 Å². The number of benzene rings is 3. The van der Waals surface area contributed by atoms with E-state index in [1.807, 2.05) is 62.6 Å². The highest BCUT2D eigenvalue weighted by molar-refractivity contribution is 5.82. The molecular formula is C34H44N2O4. The summed E-state index contributed by atoms with van der Waals surface area (Å²) >= 11 is 0. The summed E-state index contributed by atoms with van der Waals surface area (Å²) in [7, 11) is 5.75. The van der Waals surface area contributed by atoms with Crippen molar-refractivity contribution in [2.45, 2.75) is 46.0 Å². The van der Waals surface area contributed by atoms with Crippen LogP contribution in [0.4, 0.5) is 4.79 Å². The van der Waals surface area contributed by atoms with Gasteiger partial charge in [-0.3, -0.25) is 0 Å². The van der Waals surface area contributed by atoms with Crippen molar-refractivity contribution in [2.75, 3.05) is 40.9 Å². The smallest absolute Gasteiger partial charge is 0.412 e. The molecule has 6 heteroatoms. The third kappa shape index (κ3) is 10.1. The molecule has 0 bridgehead atoms. The molecule has 1 N–H and O–H groups in total. The molecule has 0 aliphatic rings. The molecule has 40 heavy (non-hydrogen) atoms. The van der Waals surface area contributed by atoms with Gasteiger partial charge in [0.1, 0.15) is 23.9 Å². The molecule has 0 aliphatic carbocycles. The minimum absolute atomic E-state index is 0.416. The fourth-order valence-corrected chi connectivity index (χ4v) is 4.44. The summed E-state index contributed by atoms with van der Waals surface area (Å²) in [5, 5.41) is 2.84. The molecule has 0 aromatic heterocycles. The molecule has 3 aromatic rings. The average molecular weight is 545 g/mol. The quantitative estimate of drug-likeness (QED) is 0.203. The molecule has 1 amide bonds. The lowest BCUT2D eigenvalue weighted by molar-refractivity contribution is 0.200. The number of rotatable bonds is 15. The van der Waals surface area contributed by atoms with Gasteiger partial charge in [0.2, 0.25) is 0 Å². The number of carbonyl (C=O) groups excluding carboxylic acids is 1. The maximum absolute atomic E-state index is 12.2. The lowest BCUT2D eigenvalue weighted by Crippen LogP contribution is -2.27. The van der Waals surface area contributed by atoms with E-state index < -0.39 is 6.09 Å². The van der Waals surface area contributed by atoms with E-state index in [9.17, 15) is 4.79 Å². The molecule has 0 saturated heterocycles. The van der Waals surface area contributed by atoms with Crippen LogP contribution in [0.5, 0.6) is 17.2 Å². The van der Waals surface area contributed by atoms with Crippen LogP contribution in [-0.4, -0.2) is 51.9 Å². The number of hydrogen-bond donors (Lipinski definition) is 1. The number of hydrogen-bond acceptors (Lipinski definition) is 5. The highest BCUT2D eigenvalue weighted by Gasteiger charge is 2.12. The molecule has 0 aliphatic heterocycles. The SMILES string of the molecule is CCCCCCNC(=O)Oc1ccc(/C(=C(/C)Cc2ccc(OC)cc2)c2ccc(OCCN(C)C)cc2)cc1. The van der Waals surface area contributed by atoms with Crippen LogP contribution in [0.25, 0.3) is 5.57 Å². The van der Waals surface area contributed by atoms with Crippen molar-refractivity contribution in [3.8, 4) is 17.2 Å². The van der Waals surface area contributed by atoms with Crippen molar-refractivity contribution in [1.82, 2.24) is 10.2 Å². The predicted octanol–water partition coefficient (Wildman–Crippen LogP) is 7.37. The largest absolute Gasteiger partial charge is 0.497 e. The lowest BCUT2D eigenvalue weighted by Gasteiger charge is -2.16. The van der Waals surface area contributed by atoms with Gasteiger partial charge in [0.05, 0.1) is 7.11 Å². The third-order valence-corrected chi connectivity index (χ3v) is 6.66. The second-order valence-electron chi connectivity index (χ2n) is 10.3. The normalized spacial score (nSPS) is 11.7. The summed E-state index contributed by atoms with van der Waals surface area (Å²) < 4.78 is 16.7. The molecule has 0 heterocycles. The lowest BCUT2D eigenvalue weighted by atomic mass is 9.90. The summed E-state index contributed by atoms with van der Waals surface area (Å²) in [5.74, 6) is 2.21. The van der Waals surface area contributed by atoms with Crippen LogP contribution >= 0.6 is 0 Å². The van der Waals surface area contributed by atoms with Gasteiger partial charge in [0.25, 0.3) is 0 Å². The van der Waals surface area contributed by atoms with Gasteiger partial charge in [-0.05, 0) is 92.5 Å². The Morgan fingerprint density at radius 1 is 0.800 bits per heavy atom. The highest BCUT2D eigenvalue weighted by Crippen LogP contribution is 2.31. The van der Waals surface area contributed by atoms with Crippen molar-refractivity contribution in [1.29, 1.82) is 0 Å². The zero-order valence-electron chi connectivity index (χ0n) is 24.7. The number of ether oxygens (including phenoxy) is 3. The van der Waals surface area contributed by atoms with Crippen LogP contribution in [0.3, 0.4) is 0 Å². The molecule has 0 radical (unpaired) electrons. The average Bonchev–Trinajstić information content (AvgIpc) is 2.95. The Labute approximate surface area is 240 Å². The van der Waals surface area contributed by atoms with Crippen molar-refractivity contribution in [2.24, 2.45) is 0 Å². The van der Waals surface area contributed by atoms with Gasteiger partial charge in [-0.25, -0.2) is 4.79 Å². The first kappa shape index (κ1) is 30.8. The number of amides is 1. The van der Waals surface area contributed by atoms with Crippen molar-refractivity contribution >= 4 is 11.7 Å². The predicted molar refractivity (Wildman–Crippen MR) is 163 cm³/mol. The van der Waals surface area contributed by atoms with E-state index in [0.29, 0.717) is 18.9 Å². The van der Waals surface area contributed by atoms with Gasteiger partial charge in [0, 0.05) is 13.1 Å². The van der Waals surface area contributed by atoms with Gasteiger partial charge < -0.3 is 24.4 Å². The number of carbonyl (C=O) groups is 1. The van der Waals surface area contributed by atoms with Gasteiger partial charge in [-0.2, -0.15) is 0 Å². The zero-order valence-corrected chi connectivity index (χ0v) is 24.7. The van der Waals surface area contributed by atoms with Crippen LogP contribution in [0, 0.1) is 0 Å². The fraction of sp³-hybridized carbons (Fsp3) is 0.382. The van der Waals surface area contributed by atoms with Gasteiger partial charge in [0.15, 0.2) is 0 Å². The molecule has 0 unspecified atom stereocenters. The van der Waals surface area contributed by atoms with Crippen LogP contribution < -0.4 is 19.5 Å². The van der Waals surface area contributed by atoms with E-state index >= 15 is 0 Å². The van der Waals surface area contributed by atoms with Crippen molar-refractivity contribution < 1.29 is 19.0 Å².